The Kier molecular flexibility index (Phi) is 4.94. The van der Waals surface area contributed by atoms with Crippen LogP contribution in [0, 0.1) is 11.8 Å². The summed E-state index contributed by atoms with van der Waals surface area (Å²) in [6.07, 6.45) is -0.965. The van der Waals surface area contributed by atoms with Crippen molar-refractivity contribution in [3.05, 3.63) is 95.3 Å². The number of nitrogens with zero attached hydrogens (tertiary/aromatic N) is 1. The Bertz CT molecular complexity index is 1050. The van der Waals surface area contributed by atoms with E-state index in [1.54, 1.807) is 7.11 Å². The first-order valence-electron chi connectivity index (χ1n) is 8.88. The largest absolute Gasteiger partial charge is 0.497 e. The predicted molar refractivity (Wildman–Crippen MR) is 105 cm³/mol. The molecule has 138 valence electrons. The zero-order valence-corrected chi connectivity index (χ0v) is 15.3. The van der Waals surface area contributed by atoms with Crippen LogP contribution in [0.5, 0.6) is 5.75 Å². The maximum Gasteiger partial charge on any atom is 0.408 e. The van der Waals surface area contributed by atoms with E-state index in [1.165, 1.54) is 0 Å². The number of ether oxygens (including phenoxy) is 2. The van der Waals surface area contributed by atoms with Gasteiger partial charge in [-0.3, -0.25) is 0 Å². The third-order valence-electron chi connectivity index (χ3n) is 4.43. The molecule has 2 heterocycles. The molecule has 0 spiro atoms. The van der Waals surface area contributed by atoms with Gasteiger partial charge in [0.1, 0.15) is 17.5 Å². The summed E-state index contributed by atoms with van der Waals surface area (Å²) in [4.78, 5) is 16.6. The standard InChI is InChI=1S/C23H18N2O3/c1-27-19-11-5-9-17(15-19)22-21(25-23(26)28-22)20-12-6-10-18(24-20)14-13-16-7-3-2-4-8-16/h2-12,15,21-22H,1H3,(H,25,26)/t21-,22-/m0/s1. The molecule has 1 aliphatic rings. The summed E-state index contributed by atoms with van der Waals surface area (Å²) in [7, 11) is 1.60. The fourth-order valence-electron chi connectivity index (χ4n) is 3.08. The van der Waals surface area contributed by atoms with Gasteiger partial charge < -0.3 is 14.8 Å². The Labute approximate surface area is 163 Å². The maximum absolute atomic E-state index is 11.9. The summed E-state index contributed by atoms with van der Waals surface area (Å²) in [5.74, 6) is 6.88. The number of cyclic esters (lactones) is 1. The molecule has 1 fully saturated rings. The van der Waals surface area contributed by atoms with Crippen LogP contribution in [-0.4, -0.2) is 18.2 Å². The molecule has 28 heavy (non-hydrogen) atoms. The molecule has 0 radical (unpaired) electrons. The van der Waals surface area contributed by atoms with Crippen LogP contribution in [0.15, 0.2) is 72.8 Å². The average molecular weight is 370 g/mol. The Morgan fingerprint density at radius 1 is 1.00 bits per heavy atom. The second-order valence-electron chi connectivity index (χ2n) is 6.29. The van der Waals surface area contributed by atoms with Gasteiger partial charge in [0.15, 0.2) is 6.10 Å². The average Bonchev–Trinajstić information content (AvgIpc) is 3.15. The first kappa shape index (κ1) is 17.6. The number of carbonyl (C=O) groups is 1. The summed E-state index contributed by atoms with van der Waals surface area (Å²) in [6.45, 7) is 0. The molecule has 1 saturated heterocycles. The molecule has 2 atom stereocenters. The van der Waals surface area contributed by atoms with Crippen LogP contribution in [0.4, 0.5) is 4.79 Å². The number of amides is 1. The number of nitrogens with one attached hydrogen (secondary N) is 1. The third kappa shape index (κ3) is 3.81. The lowest BCUT2D eigenvalue weighted by Gasteiger charge is -2.17. The number of hydrogen-bond donors (Lipinski definition) is 1. The van der Waals surface area contributed by atoms with Crippen molar-refractivity contribution in [2.75, 3.05) is 7.11 Å². The molecule has 1 aromatic heterocycles. The van der Waals surface area contributed by atoms with Crippen LogP contribution in [0.3, 0.4) is 0 Å². The topological polar surface area (TPSA) is 60.5 Å². The molecule has 0 saturated carbocycles. The van der Waals surface area contributed by atoms with Crippen molar-refractivity contribution in [2.45, 2.75) is 12.1 Å². The highest BCUT2D eigenvalue weighted by Crippen LogP contribution is 2.36. The second-order valence-corrected chi connectivity index (χ2v) is 6.29. The van der Waals surface area contributed by atoms with Crippen LogP contribution >= 0.6 is 0 Å². The highest BCUT2D eigenvalue weighted by molar-refractivity contribution is 5.71. The van der Waals surface area contributed by atoms with Crippen molar-refractivity contribution in [1.29, 1.82) is 0 Å². The molecule has 0 unspecified atom stereocenters. The number of rotatable bonds is 3. The fourth-order valence-corrected chi connectivity index (χ4v) is 3.08. The summed E-state index contributed by atoms with van der Waals surface area (Å²) in [5.41, 5.74) is 3.08. The van der Waals surface area contributed by atoms with Crippen molar-refractivity contribution in [1.82, 2.24) is 10.3 Å². The predicted octanol–water partition coefficient (Wildman–Crippen LogP) is 4.01. The van der Waals surface area contributed by atoms with E-state index in [9.17, 15) is 4.79 Å². The SMILES string of the molecule is COc1cccc([C@@H]2OC(=O)N[C@H]2c2cccc(C#Cc3ccccc3)n2)c1. The van der Waals surface area contributed by atoms with Gasteiger partial charge in [-0.25, -0.2) is 9.78 Å². The van der Waals surface area contributed by atoms with E-state index >= 15 is 0 Å². The first-order valence-corrected chi connectivity index (χ1v) is 8.88. The Balaban J connectivity index is 1.64. The Morgan fingerprint density at radius 3 is 2.64 bits per heavy atom. The molecular formula is C23H18N2O3. The molecule has 5 nitrogen and oxygen atoms in total. The molecule has 2 aromatic carbocycles. The summed E-state index contributed by atoms with van der Waals surface area (Å²) >= 11 is 0. The zero-order chi connectivity index (χ0) is 19.3. The van der Waals surface area contributed by atoms with Crippen LogP contribution in [0.1, 0.15) is 34.7 Å². The van der Waals surface area contributed by atoms with Gasteiger partial charge in [-0.2, -0.15) is 0 Å². The number of pyridine rings is 1. The quantitative estimate of drug-likeness (QED) is 0.708. The Morgan fingerprint density at radius 2 is 1.82 bits per heavy atom. The summed E-state index contributed by atoms with van der Waals surface area (Å²) in [5, 5.41) is 2.84. The van der Waals surface area contributed by atoms with E-state index in [1.807, 2.05) is 72.8 Å². The minimum atomic E-state index is -0.493. The normalized spacial score (nSPS) is 17.8. The monoisotopic (exact) mass is 370 g/mol. The van der Waals surface area contributed by atoms with Crippen molar-refractivity contribution < 1.29 is 14.3 Å². The zero-order valence-electron chi connectivity index (χ0n) is 15.3. The minimum Gasteiger partial charge on any atom is -0.497 e. The molecule has 4 rings (SSSR count). The van der Waals surface area contributed by atoms with Crippen LogP contribution < -0.4 is 10.1 Å². The van der Waals surface area contributed by atoms with Gasteiger partial charge in [-0.15, -0.1) is 0 Å². The molecule has 1 aliphatic heterocycles. The third-order valence-corrected chi connectivity index (χ3v) is 4.43. The summed E-state index contributed by atoms with van der Waals surface area (Å²) < 4.78 is 10.8. The van der Waals surface area contributed by atoms with E-state index in [-0.39, 0.29) is 0 Å². The lowest BCUT2D eigenvalue weighted by atomic mass is 9.99. The maximum atomic E-state index is 11.9. The smallest absolute Gasteiger partial charge is 0.408 e. The van der Waals surface area contributed by atoms with Gasteiger partial charge >= 0.3 is 6.09 Å². The highest BCUT2D eigenvalue weighted by Gasteiger charge is 2.37. The van der Waals surface area contributed by atoms with E-state index in [2.05, 4.69) is 22.1 Å². The van der Waals surface area contributed by atoms with E-state index < -0.39 is 18.2 Å². The number of carbonyl (C=O) groups excluding carboxylic acids is 1. The molecule has 0 bridgehead atoms. The van der Waals surface area contributed by atoms with E-state index in [0.29, 0.717) is 17.1 Å². The van der Waals surface area contributed by atoms with Gasteiger partial charge in [-0.1, -0.05) is 42.3 Å². The van der Waals surface area contributed by atoms with Gasteiger partial charge in [0.05, 0.1) is 12.8 Å². The molecule has 5 heteroatoms. The van der Waals surface area contributed by atoms with Crippen molar-refractivity contribution >= 4 is 6.09 Å². The lowest BCUT2D eigenvalue weighted by molar-refractivity contribution is 0.131. The molecular weight excluding hydrogens is 352 g/mol. The van der Waals surface area contributed by atoms with Gasteiger partial charge in [0, 0.05) is 5.56 Å². The first-order chi connectivity index (χ1) is 13.7. The Hall–Kier alpha value is -3.78. The van der Waals surface area contributed by atoms with Crippen molar-refractivity contribution in [3.8, 4) is 17.6 Å². The molecule has 0 aliphatic carbocycles. The highest BCUT2D eigenvalue weighted by atomic mass is 16.6. The van der Waals surface area contributed by atoms with Crippen molar-refractivity contribution in [2.24, 2.45) is 0 Å². The molecule has 3 aromatic rings. The van der Waals surface area contributed by atoms with Crippen LogP contribution in [0.25, 0.3) is 0 Å². The van der Waals surface area contributed by atoms with E-state index in [0.717, 1.165) is 11.1 Å². The molecule has 1 amide bonds. The van der Waals surface area contributed by atoms with Gasteiger partial charge in [0.2, 0.25) is 0 Å². The number of alkyl carbamates (subject to hydrolysis) is 1. The van der Waals surface area contributed by atoms with Crippen molar-refractivity contribution in [3.63, 3.8) is 0 Å². The van der Waals surface area contributed by atoms with E-state index in [4.69, 9.17) is 9.47 Å². The number of hydrogen-bond acceptors (Lipinski definition) is 4. The number of benzene rings is 2. The van der Waals surface area contributed by atoms with Crippen LogP contribution in [-0.2, 0) is 4.74 Å². The fraction of sp³-hybridized carbons (Fsp3) is 0.130. The molecule has 1 N–H and O–H groups in total. The summed E-state index contributed by atoms with van der Waals surface area (Å²) in [6, 6.07) is 22.4. The van der Waals surface area contributed by atoms with Gasteiger partial charge in [0.25, 0.3) is 0 Å². The number of aromatic nitrogens is 1. The minimum absolute atomic E-state index is 0.405. The number of methoxy groups -OCH3 is 1. The van der Waals surface area contributed by atoms with Gasteiger partial charge in [-0.05, 0) is 47.9 Å². The van der Waals surface area contributed by atoms with Crippen LogP contribution in [0.2, 0.25) is 0 Å². The second kappa shape index (κ2) is 7.85. The lowest BCUT2D eigenvalue weighted by Crippen LogP contribution is -2.20.